The molecule has 1 aliphatic carbocycles. The molecule has 0 aliphatic heterocycles. The Kier molecular flexibility index (Phi) is 3.48. The lowest BCUT2D eigenvalue weighted by atomic mass is 10.4. The van der Waals surface area contributed by atoms with E-state index < -0.39 is 0 Å². The maximum absolute atomic E-state index is 5.65. The zero-order valence-electron chi connectivity index (χ0n) is 11.0. The van der Waals surface area contributed by atoms with E-state index in [1.165, 1.54) is 24.2 Å². The minimum absolute atomic E-state index is 0.324. The van der Waals surface area contributed by atoms with Crippen LogP contribution in [0.15, 0.2) is 12.4 Å². The number of rotatable bonds is 6. The van der Waals surface area contributed by atoms with Crippen LogP contribution in [-0.4, -0.2) is 26.0 Å². The van der Waals surface area contributed by atoms with Gasteiger partial charge in [0, 0.05) is 12.1 Å². The fourth-order valence-electron chi connectivity index (χ4n) is 1.63. The van der Waals surface area contributed by atoms with Crippen molar-refractivity contribution in [1.29, 1.82) is 0 Å². The fourth-order valence-corrected chi connectivity index (χ4v) is 2.28. The van der Waals surface area contributed by atoms with Gasteiger partial charge in [0.2, 0.25) is 0 Å². The number of nitrogens with one attached hydrogen (secondary N) is 1. The summed E-state index contributed by atoms with van der Waals surface area (Å²) in [6, 6.07) is 1.00. The Morgan fingerprint density at radius 1 is 1.47 bits per heavy atom. The average molecular weight is 279 g/mol. The van der Waals surface area contributed by atoms with Gasteiger partial charge in [-0.3, -0.25) is 4.68 Å². The van der Waals surface area contributed by atoms with Crippen LogP contribution in [0.25, 0.3) is 0 Å². The zero-order valence-corrected chi connectivity index (χ0v) is 11.9. The van der Waals surface area contributed by atoms with E-state index in [-0.39, 0.29) is 0 Å². The molecule has 7 heteroatoms. The van der Waals surface area contributed by atoms with E-state index in [4.69, 9.17) is 4.74 Å². The highest BCUT2D eigenvalue weighted by molar-refractivity contribution is 7.13. The largest absolute Gasteiger partial charge is 0.426 e. The molecule has 0 unspecified atom stereocenters. The normalized spacial score (nSPS) is 15.1. The summed E-state index contributed by atoms with van der Waals surface area (Å²) in [6.45, 7) is 4.92. The molecule has 0 aromatic carbocycles. The highest BCUT2D eigenvalue weighted by atomic mass is 32.1. The Morgan fingerprint density at radius 3 is 3.00 bits per heavy atom. The van der Waals surface area contributed by atoms with Crippen molar-refractivity contribution < 1.29 is 4.74 Å². The number of aromatic nitrogens is 4. The van der Waals surface area contributed by atoms with E-state index >= 15 is 0 Å². The van der Waals surface area contributed by atoms with Gasteiger partial charge in [-0.25, -0.2) is 0 Å². The third kappa shape index (κ3) is 3.30. The van der Waals surface area contributed by atoms with Crippen molar-refractivity contribution in [3.8, 4) is 10.9 Å². The first-order valence-electron chi connectivity index (χ1n) is 6.48. The van der Waals surface area contributed by atoms with Crippen LogP contribution in [0.4, 0.5) is 0 Å². The molecule has 3 rings (SSSR count). The van der Waals surface area contributed by atoms with Crippen molar-refractivity contribution in [2.75, 3.05) is 0 Å². The van der Waals surface area contributed by atoms with Crippen molar-refractivity contribution in [2.45, 2.75) is 45.3 Å². The van der Waals surface area contributed by atoms with Crippen molar-refractivity contribution in [2.24, 2.45) is 0 Å². The molecule has 0 spiro atoms. The number of ether oxygens (including phenoxy) is 1. The van der Waals surface area contributed by atoms with Crippen molar-refractivity contribution in [3.05, 3.63) is 17.4 Å². The van der Waals surface area contributed by atoms with Gasteiger partial charge in [0.05, 0.1) is 18.9 Å². The standard InChI is InChI=1S/C12H17N5OS/c1-8(2)17-7-10(5-14-17)18-12-16-15-11(19-12)6-13-9-3-4-9/h5,7-9,13H,3-4,6H2,1-2H3. The number of hydrogen-bond acceptors (Lipinski definition) is 6. The van der Waals surface area contributed by atoms with Gasteiger partial charge in [0.15, 0.2) is 5.75 Å². The van der Waals surface area contributed by atoms with E-state index in [0.29, 0.717) is 23.0 Å². The van der Waals surface area contributed by atoms with E-state index in [0.717, 1.165) is 11.6 Å². The second-order valence-corrected chi connectivity index (χ2v) is 5.99. The van der Waals surface area contributed by atoms with Crippen LogP contribution in [-0.2, 0) is 6.54 Å². The average Bonchev–Trinajstić information content (AvgIpc) is 2.91. The lowest BCUT2D eigenvalue weighted by Crippen LogP contribution is -2.14. The van der Waals surface area contributed by atoms with Gasteiger partial charge >= 0.3 is 0 Å². The lowest BCUT2D eigenvalue weighted by molar-refractivity contribution is 0.468. The van der Waals surface area contributed by atoms with Gasteiger partial charge in [-0.05, 0) is 26.7 Å². The monoisotopic (exact) mass is 279 g/mol. The number of nitrogens with zero attached hydrogens (tertiary/aromatic N) is 4. The summed E-state index contributed by atoms with van der Waals surface area (Å²) >= 11 is 1.47. The predicted octanol–water partition coefficient (Wildman–Crippen LogP) is 2.36. The fraction of sp³-hybridized carbons (Fsp3) is 0.583. The maximum Gasteiger partial charge on any atom is 0.299 e. The van der Waals surface area contributed by atoms with E-state index in [1.807, 2.05) is 10.9 Å². The Labute approximate surface area is 115 Å². The molecule has 1 N–H and O–H groups in total. The van der Waals surface area contributed by atoms with Crippen LogP contribution in [0.1, 0.15) is 37.7 Å². The Balaban J connectivity index is 1.58. The Bertz CT molecular complexity index is 546. The SMILES string of the molecule is CC(C)n1cc(Oc2nnc(CNC3CC3)s2)cn1. The summed E-state index contributed by atoms with van der Waals surface area (Å²) < 4.78 is 7.50. The van der Waals surface area contributed by atoms with Crippen LogP contribution in [0.5, 0.6) is 10.9 Å². The molecule has 2 aromatic heterocycles. The molecule has 0 bridgehead atoms. The smallest absolute Gasteiger partial charge is 0.299 e. The zero-order chi connectivity index (χ0) is 13.2. The second-order valence-electron chi connectivity index (χ2n) is 4.97. The van der Waals surface area contributed by atoms with Gasteiger partial charge in [-0.2, -0.15) is 5.10 Å². The molecule has 19 heavy (non-hydrogen) atoms. The maximum atomic E-state index is 5.65. The summed E-state index contributed by atoms with van der Waals surface area (Å²) in [5.41, 5.74) is 0. The quantitative estimate of drug-likeness (QED) is 0.879. The molecule has 1 saturated carbocycles. The van der Waals surface area contributed by atoms with Crippen molar-refractivity contribution in [3.63, 3.8) is 0 Å². The molecule has 102 valence electrons. The third-order valence-corrected chi connectivity index (χ3v) is 3.68. The molecule has 0 amide bonds. The second kappa shape index (κ2) is 5.26. The predicted molar refractivity (Wildman–Crippen MR) is 72.5 cm³/mol. The molecule has 2 heterocycles. The minimum atomic E-state index is 0.324. The van der Waals surface area contributed by atoms with E-state index in [1.54, 1.807) is 6.20 Å². The molecule has 2 aromatic rings. The molecule has 0 radical (unpaired) electrons. The topological polar surface area (TPSA) is 64.9 Å². The van der Waals surface area contributed by atoms with Crippen LogP contribution in [0.3, 0.4) is 0 Å². The van der Waals surface area contributed by atoms with Crippen LogP contribution >= 0.6 is 11.3 Å². The molecular formula is C12H17N5OS. The highest BCUT2D eigenvalue weighted by Crippen LogP contribution is 2.26. The first kappa shape index (κ1) is 12.6. The summed E-state index contributed by atoms with van der Waals surface area (Å²) in [6.07, 6.45) is 6.12. The van der Waals surface area contributed by atoms with Gasteiger partial charge in [-0.1, -0.05) is 16.4 Å². The first-order valence-corrected chi connectivity index (χ1v) is 7.30. The lowest BCUT2D eigenvalue weighted by Gasteiger charge is -2.02. The summed E-state index contributed by atoms with van der Waals surface area (Å²) in [7, 11) is 0. The molecular weight excluding hydrogens is 262 g/mol. The van der Waals surface area contributed by atoms with Gasteiger partial charge < -0.3 is 10.1 Å². The third-order valence-electron chi connectivity index (χ3n) is 2.88. The Hall–Kier alpha value is -1.47. The van der Waals surface area contributed by atoms with Gasteiger partial charge in [-0.15, -0.1) is 5.10 Å². The number of hydrogen-bond donors (Lipinski definition) is 1. The van der Waals surface area contributed by atoms with Crippen molar-refractivity contribution >= 4 is 11.3 Å². The Morgan fingerprint density at radius 2 is 2.32 bits per heavy atom. The van der Waals surface area contributed by atoms with E-state index in [2.05, 4.69) is 34.5 Å². The van der Waals surface area contributed by atoms with Crippen LogP contribution in [0, 0.1) is 0 Å². The minimum Gasteiger partial charge on any atom is -0.426 e. The summed E-state index contributed by atoms with van der Waals surface area (Å²) in [5.74, 6) is 0.701. The molecule has 0 atom stereocenters. The van der Waals surface area contributed by atoms with Crippen LogP contribution < -0.4 is 10.1 Å². The summed E-state index contributed by atoms with van der Waals surface area (Å²) in [4.78, 5) is 0. The van der Waals surface area contributed by atoms with Crippen molar-refractivity contribution in [1.82, 2.24) is 25.3 Å². The highest BCUT2D eigenvalue weighted by Gasteiger charge is 2.20. The summed E-state index contributed by atoms with van der Waals surface area (Å²) in [5, 5.41) is 17.3. The molecule has 6 nitrogen and oxygen atoms in total. The van der Waals surface area contributed by atoms with Crippen LogP contribution in [0.2, 0.25) is 0 Å². The van der Waals surface area contributed by atoms with Gasteiger partial charge in [0.1, 0.15) is 5.01 Å². The molecule has 1 aliphatic rings. The van der Waals surface area contributed by atoms with E-state index in [9.17, 15) is 0 Å². The molecule has 0 saturated heterocycles. The molecule has 1 fully saturated rings. The van der Waals surface area contributed by atoms with Gasteiger partial charge in [0.25, 0.3) is 5.19 Å². The first-order chi connectivity index (χ1) is 9.20.